The van der Waals surface area contributed by atoms with E-state index in [4.69, 9.17) is 0 Å². The molecule has 1 heteroatoms. The van der Waals surface area contributed by atoms with Crippen LogP contribution in [0.4, 0.5) is 0 Å². The van der Waals surface area contributed by atoms with Gasteiger partial charge in [-0.3, -0.25) is 0 Å². The average molecular weight is 191 g/mol. The van der Waals surface area contributed by atoms with Crippen LogP contribution in [0.25, 0.3) is 0 Å². The largest absolute Gasteiger partial charge is 0.308 e. The Morgan fingerprint density at radius 3 is 2.21 bits per heavy atom. The molecule has 1 aromatic carbocycles. The first-order valence-electron chi connectivity index (χ1n) is 5.46. The van der Waals surface area contributed by atoms with Gasteiger partial charge >= 0.3 is 0 Å². The first kappa shape index (κ1) is 11.3. The Balaban J connectivity index is 2.60. The maximum atomic E-state index is 3.57. The van der Waals surface area contributed by atoms with Crippen molar-refractivity contribution in [2.75, 3.05) is 0 Å². The van der Waals surface area contributed by atoms with Crippen molar-refractivity contribution in [1.82, 2.24) is 5.32 Å². The summed E-state index contributed by atoms with van der Waals surface area (Å²) in [5.41, 5.74) is 2.69. The van der Waals surface area contributed by atoms with Gasteiger partial charge in [-0.15, -0.1) is 0 Å². The van der Waals surface area contributed by atoms with E-state index in [0.717, 1.165) is 0 Å². The summed E-state index contributed by atoms with van der Waals surface area (Å²) < 4.78 is 0. The van der Waals surface area contributed by atoms with E-state index in [9.17, 15) is 0 Å². The molecule has 0 aliphatic carbocycles. The average Bonchev–Trinajstić information content (AvgIpc) is 2.18. The minimum absolute atomic E-state index is 0.450. The fourth-order valence-electron chi connectivity index (χ4n) is 1.50. The van der Waals surface area contributed by atoms with Crippen molar-refractivity contribution in [2.45, 2.75) is 46.2 Å². The minimum atomic E-state index is 0.450. The van der Waals surface area contributed by atoms with Gasteiger partial charge in [0.05, 0.1) is 0 Å². The van der Waals surface area contributed by atoms with Crippen LogP contribution in [-0.4, -0.2) is 6.04 Å². The van der Waals surface area contributed by atoms with Crippen molar-refractivity contribution >= 4 is 0 Å². The number of benzene rings is 1. The summed E-state index contributed by atoms with van der Waals surface area (Å²) in [6.45, 7) is 8.78. The lowest BCUT2D eigenvalue weighted by atomic mass is 10.1. The fourth-order valence-corrected chi connectivity index (χ4v) is 1.50. The summed E-state index contributed by atoms with van der Waals surface area (Å²) in [6, 6.07) is 9.79. The summed E-state index contributed by atoms with van der Waals surface area (Å²) in [5, 5.41) is 3.57. The molecular formula is C13H21N. The van der Waals surface area contributed by atoms with E-state index in [2.05, 4.69) is 57.3 Å². The second-order valence-corrected chi connectivity index (χ2v) is 4.11. The highest BCUT2D eigenvalue weighted by Gasteiger charge is 2.06. The molecule has 0 aliphatic heterocycles. The second kappa shape index (κ2) is 5.16. The molecule has 0 aromatic heterocycles. The molecule has 0 saturated heterocycles. The van der Waals surface area contributed by atoms with Gasteiger partial charge in [0.15, 0.2) is 0 Å². The molecule has 0 bridgehead atoms. The van der Waals surface area contributed by atoms with Crippen molar-refractivity contribution in [3.05, 3.63) is 35.4 Å². The Bertz CT molecular complexity index is 263. The van der Waals surface area contributed by atoms with Gasteiger partial charge in [0.2, 0.25) is 0 Å². The van der Waals surface area contributed by atoms with Gasteiger partial charge in [-0.2, -0.15) is 0 Å². The Hall–Kier alpha value is -0.820. The van der Waals surface area contributed by atoms with Crippen molar-refractivity contribution in [3.8, 4) is 0 Å². The number of aryl methyl sites for hydroxylation is 1. The first-order valence-corrected chi connectivity index (χ1v) is 5.46. The van der Waals surface area contributed by atoms with Crippen LogP contribution in [0.5, 0.6) is 0 Å². The van der Waals surface area contributed by atoms with Crippen LogP contribution in [0.15, 0.2) is 24.3 Å². The molecule has 14 heavy (non-hydrogen) atoms. The third kappa shape index (κ3) is 3.15. The standard InChI is InChI=1S/C13H21N/c1-5-11(3)14-12(4)13-8-6-10(2)7-9-13/h6-9,11-12,14H,5H2,1-4H3/t11-,12+/m1/s1. The smallest absolute Gasteiger partial charge is 0.0294 e. The molecule has 0 radical (unpaired) electrons. The fraction of sp³-hybridized carbons (Fsp3) is 0.538. The first-order chi connectivity index (χ1) is 6.63. The molecule has 0 aliphatic rings. The number of nitrogens with one attached hydrogen (secondary N) is 1. The highest BCUT2D eigenvalue weighted by atomic mass is 14.9. The van der Waals surface area contributed by atoms with Gasteiger partial charge in [-0.05, 0) is 32.8 Å². The Labute approximate surface area is 87.5 Å². The van der Waals surface area contributed by atoms with Gasteiger partial charge < -0.3 is 5.32 Å². The van der Waals surface area contributed by atoms with Crippen LogP contribution in [0.3, 0.4) is 0 Å². The molecule has 2 atom stereocenters. The highest BCUT2D eigenvalue weighted by molar-refractivity contribution is 5.23. The lowest BCUT2D eigenvalue weighted by molar-refractivity contribution is 0.469. The van der Waals surface area contributed by atoms with Crippen LogP contribution >= 0.6 is 0 Å². The third-order valence-corrected chi connectivity index (χ3v) is 2.72. The van der Waals surface area contributed by atoms with E-state index in [0.29, 0.717) is 12.1 Å². The zero-order chi connectivity index (χ0) is 10.6. The van der Waals surface area contributed by atoms with E-state index in [1.807, 2.05) is 0 Å². The topological polar surface area (TPSA) is 12.0 Å². The number of hydrogen-bond donors (Lipinski definition) is 1. The van der Waals surface area contributed by atoms with Gasteiger partial charge in [0.25, 0.3) is 0 Å². The zero-order valence-electron chi connectivity index (χ0n) is 9.67. The monoisotopic (exact) mass is 191 g/mol. The molecule has 1 rings (SSSR count). The predicted octanol–water partition coefficient (Wildman–Crippen LogP) is 3.44. The van der Waals surface area contributed by atoms with Crippen LogP contribution in [0.2, 0.25) is 0 Å². The maximum absolute atomic E-state index is 3.57. The molecule has 1 N–H and O–H groups in total. The molecule has 0 heterocycles. The van der Waals surface area contributed by atoms with E-state index in [1.54, 1.807) is 0 Å². The van der Waals surface area contributed by atoms with E-state index in [1.165, 1.54) is 17.5 Å². The van der Waals surface area contributed by atoms with Crippen molar-refractivity contribution in [3.63, 3.8) is 0 Å². The quantitative estimate of drug-likeness (QED) is 0.768. The summed E-state index contributed by atoms with van der Waals surface area (Å²) in [6.07, 6.45) is 1.18. The maximum Gasteiger partial charge on any atom is 0.0294 e. The lowest BCUT2D eigenvalue weighted by Gasteiger charge is -2.19. The van der Waals surface area contributed by atoms with Gasteiger partial charge in [0.1, 0.15) is 0 Å². The van der Waals surface area contributed by atoms with E-state index in [-0.39, 0.29) is 0 Å². The zero-order valence-corrected chi connectivity index (χ0v) is 9.67. The molecule has 78 valence electrons. The molecule has 0 spiro atoms. The van der Waals surface area contributed by atoms with Crippen molar-refractivity contribution in [1.29, 1.82) is 0 Å². The van der Waals surface area contributed by atoms with Crippen LogP contribution in [-0.2, 0) is 0 Å². The van der Waals surface area contributed by atoms with Gasteiger partial charge in [-0.1, -0.05) is 36.8 Å². The van der Waals surface area contributed by atoms with Crippen molar-refractivity contribution in [2.24, 2.45) is 0 Å². The molecule has 0 amide bonds. The minimum Gasteiger partial charge on any atom is -0.308 e. The van der Waals surface area contributed by atoms with Crippen molar-refractivity contribution < 1.29 is 0 Å². The predicted molar refractivity (Wildman–Crippen MR) is 62.5 cm³/mol. The highest BCUT2D eigenvalue weighted by Crippen LogP contribution is 2.14. The molecule has 1 nitrogen and oxygen atoms in total. The van der Waals surface area contributed by atoms with E-state index >= 15 is 0 Å². The second-order valence-electron chi connectivity index (χ2n) is 4.11. The van der Waals surface area contributed by atoms with Crippen LogP contribution in [0.1, 0.15) is 44.4 Å². The SMILES string of the molecule is CC[C@@H](C)N[C@@H](C)c1ccc(C)cc1. The Morgan fingerprint density at radius 1 is 1.14 bits per heavy atom. The molecular weight excluding hydrogens is 170 g/mol. The Kier molecular flexibility index (Phi) is 4.15. The molecule has 0 fully saturated rings. The van der Waals surface area contributed by atoms with E-state index < -0.39 is 0 Å². The molecule has 1 aromatic rings. The third-order valence-electron chi connectivity index (χ3n) is 2.72. The Morgan fingerprint density at radius 2 is 1.71 bits per heavy atom. The normalized spacial score (nSPS) is 15.1. The van der Waals surface area contributed by atoms with Crippen LogP contribution in [0, 0.1) is 6.92 Å². The summed E-state index contributed by atoms with van der Waals surface area (Å²) in [4.78, 5) is 0. The lowest BCUT2D eigenvalue weighted by Crippen LogP contribution is -2.28. The van der Waals surface area contributed by atoms with Crippen LogP contribution < -0.4 is 5.32 Å². The summed E-state index contributed by atoms with van der Waals surface area (Å²) in [7, 11) is 0. The number of rotatable bonds is 4. The molecule has 0 saturated carbocycles. The molecule has 0 unspecified atom stereocenters. The van der Waals surface area contributed by atoms with Gasteiger partial charge in [-0.25, -0.2) is 0 Å². The summed E-state index contributed by atoms with van der Waals surface area (Å²) in [5.74, 6) is 0. The number of hydrogen-bond acceptors (Lipinski definition) is 1. The summed E-state index contributed by atoms with van der Waals surface area (Å²) >= 11 is 0. The van der Waals surface area contributed by atoms with Gasteiger partial charge in [0, 0.05) is 12.1 Å².